The van der Waals surface area contributed by atoms with E-state index >= 15 is 0 Å². The van der Waals surface area contributed by atoms with E-state index in [4.69, 9.17) is 9.47 Å². The minimum atomic E-state index is -1.28. The van der Waals surface area contributed by atoms with Crippen LogP contribution in [0, 0.1) is 23.1 Å². The van der Waals surface area contributed by atoms with Gasteiger partial charge in [-0.25, -0.2) is 4.39 Å². The molecule has 3 rings (SSSR count). The highest BCUT2D eigenvalue weighted by atomic mass is 19.1. The Hall–Kier alpha value is -2.39. The molecular weight excluding hydrogens is 299 g/mol. The fourth-order valence-corrected chi connectivity index (χ4v) is 3.29. The SMILES string of the molecule is CCC(C)C1(OC=O)OCCc2c1[nH]c1c(F)ccc(C#N)c21. The molecular formula is C17H17FN2O3. The number of carbonyl (C=O) groups excluding carboxylic acids is 1. The number of nitrogens with one attached hydrogen (secondary N) is 1. The third-order valence-electron chi connectivity index (χ3n) is 4.63. The van der Waals surface area contributed by atoms with Gasteiger partial charge in [-0.1, -0.05) is 13.8 Å². The van der Waals surface area contributed by atoms with Crippen LogP contribution in [0.15, 0.2) is 12.1 Å². The van der Waals surface area contributed by atoms with Gasteiger partial charge in [0.05, 0.1) is 29.5 Å². The van der Waals surface area contributed by atoms with E-state index in [0.29, 0.717) is 42.6 Å². The van der Waals surface area contributed by atoms with Crippen LogP contribution in [0.2, 0.25) is 0 Å². The monoisotopic (exact) mass is 316 g/mol. The molecule has 2 heterocycles. The largest absolute Gasteiger partial charge is 0.429 e. The van der Waals surface area contributed by atoms with Crippen LogP contribution in [0.1, 0.15) is 37.1 Å². The van der Waals surface area contributed by atoms with Crippen molar-refractivity contribution in [2.75, 3.05) is 6.61 Å². The summed E-state index contributed by atoms with van der Waals surface area (Å²) in [6.07, 6.45) is 1.23. The third kappa shape index (κ3) is 2.12. The second-order valence-corrected chi connectivity index (χ2v) is 5.72. The Bertz CT molecular complexity index is 808. The van der Waals surface area contributed by atoms with E-state index in [1.54, 1.807) is 0 Å². The zero-order valence-electron chi connectivity index (χ0n) is 13.0. The number of carbonyl (C=O) groups is 1. The van der Waals surface area contributed by atoms with E-state index in [0.717, 1.165) is 5.56 Å². The average molecular weight is 316 g/mol. The number of aromatic nitrogens is 1. The van der Waals surface area contributed by atoms with Crippen LogP contribution < -0.4 is 0 Å². The maximum Gasteiger partial charge on any atom is 0.295 e. The summed E-state index contributed by atoms with van der Waals surface area (Å²) in [6, 6.07) is 4.82. The number of halogens is 1. The lowest BCUT2D eigenvalue weighted by molar-refractivity contribution is -0.261. The van der Waals surface area contributed by atoms with Gasteiger partial charge in [0.1, 0.15) is 5.82 Å². The van der Waals surface area contributed by atoms with Gasteiger partial charge in [-0.3, -0.25) is 4.79 Å². The number of hydrogen-bond donors (Lipinski definition) is 1. The van der Waals surface area contributed by atoms with E-state index in [1.807, 2.05) is 13.8 Å². The molecule has 23 heavy (non-hydrogen) atoms. The van der Waals surface area contributed by atoms with Gasteiger partial charge in [0.15, 0.2) is 0 Å². The smallest absolute Gasteiger partial charge is 0.295 e. The van der Waals surface area contributed by atoms with Crippen LogP contribution in [0.4, 0.5) is 4.39 Å². The Morgan fingerprint density at radius 1 is 1.61 bits per heavy atom. The van der Waals surface area contributed by atoms with Crippen LogP contribution in [-0.2, 0) is 26.5 Å². The molecule has 0 fully saturated rings. The molecule has 0 spiro atoms. The highest BCUT2D eigenvalue weighted by Gasteiger charge is 2.47. The number of aromatic amines is 1. The van der Waals surface area contributed by atoms with Crippen molar-refractivity contribution in [1.29, 1.82) is 5.26 Å². The minimum absolute atomic E-state index is 0.131. The van der Waals surface area contributed by atoms with Gasteiger partial charge in [0, 0.05) is 11.3 Å². The molecule has 1 aromatic carbocycles. The molecule has 1 aromatic heterocycles. The molecule has 2 atom stereocenters. The van der Waals surface area contributed by atoms with Crippen LogP contribution in [0.25, 0.3) is 10.9 Å². The Labute approximate surface area is 133 Å². The molecule has 0 amide bonds. The quantitative estimate of drug-likeness (QED) is 0.879. The molecule has 120 valence electrons. The molecule has 1 aliphatic rings. The molecule has 0 saturated heterocycles. The van der Waals surface area contributed by atoms with Crippen molar-refractivity contribution in [3.05, 3.63) is 34.8 Å². The molecule has 6 heteroatoms. The fourth-order valence-electron chi connectivity index (χ4n) is 3.29. The molecule has 1 N–H and O–H groups in total. The number of rotatable bonds is 4. The van der Waals surface area contributed by atoms with Gasteiger partial charge in [0.25, 0.3) is 12.3 Å². The first-order valence-electron chi connectivity index (χ1n) is 7.58. The highest BCUT2D eigenvalue weighted by Crippen LogP contribution is 2.44. The van der Waals surface area contributed by atoms with Gasteiger partial charge in [0.2, 0.25) is 0 Å². The molecule has 0 bridgehead atoms. The summed E-state index contributed by atoms with van der Waals surface area (Å²) in [5, 5.41) is 9.88. The predicted molar refractivity (Wildman–Crippen MR) is 80.9 cm³/mol. The first-order chi connectivity index (χ1) is 11.1. The van der Waals surface area contributed by atoms with Crippen molar-refractivity contribution < 1.29 is 18.7 Å². The molecule has 2 aromatic rings. The van der Waals surface area contributed by atoms with Crippen LogP contribution in [0.3, 0.4) is 0 Å². The van der Waals surface area contributed by atoms with Crippen LogP contribution >= 0.6 is 0 Å². The number of H-pyrrole nitrogens is 1. The van der Waals surface area contributed by atoms with Crippen molar-refractivity contribution in [2.24, 2.45) is 5.92 Å². The predicted octanol–water partition coefficient (Wildman–Crippen LogP) is 3.12. The molecule has 0 aliphatic carbocycles. The lowest BCUT2D eigenvalue weighted by atomic mass is 9.88. The second kappa shape index (κ2) is 5.67. The average Bonchev–Trinajstić information content (AvgIpc) is 2.97. The normalized spacial score (nSPS) is 21.5. The zero-order valence-corrected chi connectivity index (χ0v) is 13.0. The Morgan fingerprint density at radius 2 is 2.39 bits per heavy atom. The number of fused-ring (bicyclic) bond motifs is 3. The standard InChI is InChI=1S/C17H17FN2O3/c1-3-10(2)17(23-9-21)16-12(6-7-22-17)14-11(8-19)4-5-13(18)15(14)20-16/h4-5,9-10,20H,3,6-7H2,1-2H3. The molecule has 5 nitrogen and oxygen atoms in total. The summed E-state index contributed by atoms with van der Waals surface area (Å²) in [4.78, 5) is 14.1. The summed E-state index contributed by atoms with van der Waals surface area (Å²) in [6.45, 7) is 4.56. The first-order valence-corrected chi connectivity index (χ1v) is 7.58. The van der Waals surface area contributed by atoms with Crippen molar-refractivity contribution in [2.45, 2.75) is 32.5 Å². The van der Waals surface area contributed by atoms with E-state index < -0.39 is 11.6 Å². The van der Waals surface area contributed by atoms with Gasteiger partial charge in [-0.15, -0.1) is 0 Å². The molecule has 0 radical (unpaired) electrons. The van der Waals surface area contributed by atoms with E-state index in [-0.39, 0.29) is 11.4 Å². The summed E-state index contributed by atoms with van der Waals surface area (Å²) < 4.78 is 25.4. The number of ether oxygens (including phenoxy) is 2. The van der Waals surface area contributed by atoms with Gasteiger partial charge in [-0.2, -0.15) is 5.26 Å². The summed E-state index contributed by atoms with van der Waals surface area (Å²) >= 11 is 0. The summed E-state index contributed by atoms with van der Waals surface area (Å²) in [5.74, 6) is -1.85. The number of nitriles is 1. The van der Waals surface area contributed by atoms with E-state index in [2.05, 4.69) is 11.1 Å². The molecule has 2 unspecified atom stereocenters. The number of hydrogen-bond acceptors (Lipinski definition) is 4. The fraction of sp³-hybridized carbons (Fsp3) is 0.412. The number of benzene rings is 1. The van der Waals surface area contributed by atoms with Crippen molar-refractivity contribution in [1.82, 2.24) is 4.98 Å². The van der Waals surface area contributed by atoms with Crippen molar-refractivity contribution >= 4 is 17.4 Å². The lowest BCUT2D eigenvalue weighted by Gasteiger charge is -2.39. The van der Waals surface area contributed by atoms with E-state index in [1.165, 1.54) is 12.1 Å². The Morgan fingerprint density at radius 3 is 3.04 bits per heavy atom. The second-order valence-electron chi connectivity index (χ2n) is 5.72. The van der Waals surface area contributed by atoms with Gasteiger partial charge in [-0.05, 0) is 30.5 Å². The van der Waals surface area contributed by atoms with Crippen LogP contribution in [0.5, 0.6) is 0 Å². The summed E-state index contributed by atoms with van der Waals surface area (Å²) in [7, 11) is 0. The summed E-state index contributed by atoms with van der Waals surface area (Å²) in [5.41, 5.74) is 1.96. The molecule has 0 saturated carbocycles. The van der Waals surface area contributed by atoms with E-state index in [9.17, 15) is 14.4 Å². The highest BCUT2D eigenvalue weighted by molar-refractivity contribution is 5.91. The Kier molecular flexibility index (Phi) is 3.82. The molecule has 1 aliphatic heterocycles. The van der Waals surface area contributed by atoms with Crippen molar-refractivity contribution in [3.8, 4) is 6.07 Å². The Balaban J connectivity index is 2.35. The van der Waals surface area contributed by atoms with Crippen molar-refractivity contribution in [3.63, 3.8) is 0 Å². The topological polar surface area (TPSA) is 75.1 Å². The zero-order chi connectivity index (χ0) is 16.6. The lowest BCUT2D eigenvalue weighted by Crippen LogP contribution is -2.43. The maximum atomic E-state index is 14.2. The number of nitrogens with zero attached hydrogens (tertiary/aromatic N) is 1. The minimum Gasteiger partial charge on any atom is -0.429 e. The van der Waals surface area contributed by atoms with Crippen LogP contribution in [-0.4, -0.2) is 18.1 Å². The van der Waals surface area contributed by atoms with Gasteiger partial charge >= 0.3 is 0 Å². The first kappa shape index (κ1) is 15.5. The maximum absolute atomic E-state index is 14.2. The van der Waals surface area contributed by atoms with Gasteiger partial charge < -0.3 is 14.5 Å². The third-order valence-corrected chi connectivity index (χ3v) is 4.63.